The van der Waals surface area contributed by atoms with Gasteiger partial charge in [-0.1, -0.05) is 42.0 Å². The summed E-state index contributed by atoms with van der Waals surface area (Å²) in [4.78, 5) is 0.309. The van der Waals surface area contributed by atoms with Gasteiger partial charge in [-0.05, 0) is 24.6 Å². The Labute approximate surface area is 129 Å². The Hall–Kier alpha value is -2.40. The summed E-state index contributed by atoms with van der Waals surface area (Å²) in [7, 11) is -3.18. The molecule has 112 valence electrons. The van der Waals surface area contributed by atoms with E-state index in [0.29, 0.717) is 4.90 Å². The number of aromatic nitrogens is 2. The zero-order valence-corrected chi connectivity index (χ0v) is 13.2. The summed E-state index contributed by atoms with van der Waals surface area (Å²) in [6.07, 6.45) is 3.05. The summed E-state index contributed by atoms with van der Waals surface area (Å²) in [5.74, 6) is 0. The topological polar surface area (TPSA) is 62.8 Å². The predicted molar refractivity (Wildman–Crippen MR) is 87.3 cm³/mol. The first-order chi connectivity index (χ1) is 10.4. The van der Waals surface area contributed by atoms with Crippen LogP contribution in [0.1, 0.15) is 5.56 Å². The molecular formula is C17H16N2O2S. The Bertz CT molecular complexity index is 893. The number of hydrogen-bond donors (Lipinski definition) is 1. The van der Waals surface area contributed by atoms with Crippen LogP contribution in [-0.2, 0) is 9.84 Å². The highest BCUT2D eigenvalue weighted by atomic mass is 32.2. The quantitative estimate of drug-likeness (QED) is 0.805. The van der Waals surface area contributed by atoms with Crippen LogP contribution in [0.2, 0.25) is 0 Å². The molecule has 0 saturated carbocycles. The maximum Gasteiger partial charge on any atom is 0.175 e. The molecule has 1 N–H and O–H groups in total. The second-order valence-electron chi connectivity index (χ2n) is 5.31. The van der Waals surface area contributed by atoms with E-state index in [1.54, 1.807) is 24.3 Å². The van der Waals surface area contributed by atoms with Gasteiger partial charge in [-0.15, -0.1) is 0 Å². The first-order valence-corrected chi connectivity index (χ1v) is 8.75. The van der Waals surface area contributed by atoms with Gasteiger partial charge in [-0.3, -0.25) is 5.10 Å². The lowest BCUT2D eigenvalue weighted by molar-refractivity contribution is 0.602. The molecular weight excluding hydrogens is 296 g/mol. The van der Waals surface area contributed by atoms with Gasteiger partial charge in [0.2, 0.25) is 0 Å². The summed E-state index contributed by atoms with van der Waals surface area (Å²) in [5.41, 5.74) is 4.95. The summed E-state index contributed by atoms with van der Waals surface area (Å²) >= 11 is 0. The molecule has 0 saturated heterocycles. The van der Waals surface area contributed by atoms with Crippen molar-refractivity contribution in [2.75, 3.05) is 6.26 Å². The van der Waals surface area contributed by atoms with Gasteiger partial charge in [-0.2, -0.15) is 5.10 Å². The molecule has 0 atom stereocenters. The molecule has 0 unspecified atom stereocenters. The van der Waals surface area contributed by atoms with Gasteiger partial charge in [0.05, 0.1) is 10.6 Å². The lowest BCUT2D eigenvalue weighted by Gasteiger charge is -2.05. The van der Waals surface area contributed by atoms with E-state index in [9.17, 15) is 8.42 Å². The number of nitrogens with zero attached hydrogens (tertiary/aromatic N) is 1. The highest BCUT2D eigenvalue weighted by Crippen LogP contribution is 2.30. The Morgan fingerprint density at radius 3 is 2.09 bits per heavy atom. The van der Waals surface area contributed by atoms with Crippen LogP contribution in [0.3, 0.4) is 0 Å². The second-order valence-corrected chi connectivity index (χ2v) is 7.33. The summed E-state index contributed by atoms with van der Waals surface area (Å²) in [6, 6.07) is 15.0. The minimum Gasteiger partial charge on any atom is -0.284 e. The van der Waals surface area contributed by atoms with E-state index in [1.165, 1.54) is 11.8 Å². The third-order valence-electron chi connectivity index (χ3n) is 3.56. The van der Waals surface area contributed by atoms with Gasteiger partial charge >= 0.3 is 0 Å². The molecule has 0 spiro atoms. The lowest BCUT2D eigenvalue weighted by Crippen LogP contribution is -1.96. The molecule has 3 aromatic rings. The van der Waals surface area contributed by atoms with Crippen LogP contribution in [0.25, 0.3) is 22.4 Å². The molecule has 0 bridgehead atoms. The number of benzene rings is 2. The van der Waals surface area contributed by atoms with E-state index >= 15 is 0 Å². The molecule has 5 heteroatoms. The lowest BCUT2D eigenvalue weighted by atomic mass is 10.0. The van der Waals surface area contributed by atoms with Crippen molar-refractivity contribution in [3.63, 3.8) is 0 Å². The van der Waals surface area contributed by atoms with E-state index in [0.717, 1.165) is 22.4 Å². The smallest absolute Gasteiger partial charge is 0.175 e. The highest BCUT2D eigenvalue weighted by molar-refractivity contribution is 7.90. The fourth-order valence-electron chi connectivity index (χ4n) is 2.32. The van der Waals surface area contributed by atoms with Gasteiger partial charge in [0, 0.05) is 23.6 Å². The second kappa shape index (κ2) is 5.42. The van der Waals surface area contributed by atoms with Crippen molar-refractivity contribution in [2.24, 2.45) is 0 Å². The highest BCUT2D eigenvalue weighted by Gasteiger charge is 2.12. The first-order valence-electron chi connectivity index (χ1n) is 6.86. The van der Waals surface area contributed by atoms with Crippen LogP contribution in [0.4, 0.5) is 0 Å². The van der Waals surface area contributed by atoms with E-state index in [-0.39, 0.29) is 0 Å². The van der Waals surface area contributed by atoms with Gasteiger partial charge in [0.25, 0.3) is 0 Å². The standard InChI is InChI=1S/C17H16N2O2S/c1-12-3-5-13(6-4-12)16-11-18-19-17(16)14-7-9-15(10-8-14)22(2,20)21/h3-11H,1-2H3,(H,18,19). The average molecular weight is 312 g/mol. The number of H-pyrrole nitrogens is 1. The van der Waals surface area contributed by atoms with E-state index < -0.39 is 9.84 Å². The van der Waals surface area contributed by atoms with Crippen molar-refractivity contribution in [3.8, 4) is 22.4 Å². The van der Waals surface area contributed by atoms with Gasteiger partial charge in [0.1, 0.15) is 0 Å². The maximum absolute atomic E-state index is 11.5. The fraction of sp³-hybridized carbons (Fsp3) is 0.118. The number of sulfone groups is 1. The summed E-state index contributed by atoms with van der Waals surface area (Å²) < 4.78 is 23.1. The number of rotatable bonds is 3. The molecule has 2 aromatic carbocycles. The Morgan fingerprint density at radius 2 is 1.50 bits per heavy atom. The van der Waals surface area contributed by atoms with E-state index in [4.69, 9.17) is 0 Å². The van der Waals surface area contributed by atoms with Crippen molar-refractivity contribution in [1.29, 1.82) is 0 Å². The van der Waals surface area contributed by atoms with Crippen molar-refractivity contribution in [2.45, 2.75) is 11.8 Å². The largest absolute Gasteiger partial charge is 0.284 e. The van der Waals surface area contributed by atoms with Gasteiger partial charge in [-0.25, -0.2) is 8.42 Å². The van der Waals surface area contributed by atoms with E-state index in [2.05, 4.69) is 34.5 Å². The zero-order chi connectivity index (χ0) is 15.7. The number of nitrogens with one attached hydrogen (secondary N) is 1. The molecule has 0 aliphatic heterocycles. The Kier molecular flexibility index (Phi) is 3.58. The van der Waals surface area contributed by atoms with Gasteiger partial charge in [0.15, 0.2) is 9.84 Å². The van der Waals surface area contributed by atoms with E-state index in [1.807, 2.05) is 13.1 Å². The van der Waals surface area contributed by atoms with Crippen molar-refractivity contribution >= 4 is 9.84 Å². The molecule has 22 heavy (non-hydrogen) atoms. The Balaban J connectivity index is 2.03. The SMILES string of the molecule is Cc1ccc(-c2c[nH]nc2-c2ccc(S(C)(=O)=O)cc2)cc1. The fourth-order valence-corrected chi connectivity index (χ4v) is 2.95. The maximum atomic E-state index is 11.5. The minimum atomic E-state index is -3.18. The minimum absolute atomic E-state index is 0.309. The van der Waals surface area contributed by atoms with Crippen LogP contribution in [-0.4, -0.2) is 24.9 Å². The third-order valence-corrected chi connectivity index (χ3v) is 4.69. The van der Waals surface area contributed by atoms with Crippen molar-refractivity contribution < 1.29 is 8.42 Å². The zero-order valence-electron chi connectivity index (χ0n) is 12.4. The third kappa shape index (κ3) is 2.80. The van der Waals surface area contributed by atoms with Gasteiger partial charge < -0.3 is 0 Å². The van der Waals surface area contributed by atoms with Crippen LogP contribution < -0.4 is 0 Å². The molecule has 0 fully saturated rings. The number of aryl methyl sites for hydroxylation is 1. The molecule has 0 radical (unpaired) electrons. The van der Waals surface area contributed by atoms with Crippen LogP contribution in [0, 0.1) is 6.92 Å². The molecule has 1 heterocycles. The molecule has 1 aromatic heterocycles. The molecule has 0 amide bonds. The summed E-state index contributed by atoms with van der Waals surface area (Å²) in [6.45, 7) is 2.05. The predicted octanol–water partition coefficient (Wildman–Crippen LogP) is 3.46. The molecule has 0 aliphatic carbocycles. The van der Waals surface area contributed by atoms with Crippen LogP contribution in [0.5, 0.6) is 0 Å². The monoisotopic (exact) mass is 312 g/mol. The Morgan fingerprint density at radius 1 is 0.909 bits per heavy atom. The van der Waals surface area contributed by atoms with Crippen LogP contribution in [0.15, 0.2) is 59.6 Å². The number of aromatic amines is 1. The molecule has 0 aliphatic rings. The first kappa shape index (κ1) is 14.5. The molecule has 3 rings (SSSR count). The van der Waals surface area contributed by atoms with Crippen molar-refractivity contribution in [1.82, 2.24) is 10.2 Å². The number of hydrogen-bond acceptors (Lipinski definition) is 3. The van der Waals surface area contributed by atoms with Crippen molar-refractivity contribution in [3.05, 3.63) is 60.3 Å². The van der Waals surface area contributed by atoms with Crippen LogP contribution >= 0.6 is 0 Å². The normalized spacial score (nSPS) is 11.5. The summed E-state index contributed by atoms with van der Waals surface area (Å²) in [5, 5.41) is 7.19. The molecule has 4 nitrogen and oxygen atoms in total. The average Bonchev–Trinajstić information content (AvgIpc) is 2.97.